The van der Waals surface area contributed by atoms with Crippen LogP contribution in [0.4, 0.5) is 0 Å². The highest BCUT2D eigenvalue weighted by Gasteiger charge is 2.10. The first-order valence-corrected chi connectivity index (χ1v) is 6.05. The summed E-state index contributed by atoms with van der Waals surface area (Å²) in [5, 5.41) is 7.81. The van der Waals surface area contributed by atoms with E-state index < -0.39 is 0 Å². The van der Waals surface area contributed by atoms with E-state index in [1.54, 1.807) is 0 Å². The van der Waals surface area contributed by atoms with Gasteiger partial charge in [-0.15, -0.1) is 0 Å². The molecule has 0 saturated carbocycles. The number of nitrogens with zero attached hydrogens (tertiary/aromatic N) is 2. The van der Waals surface area contributed by atoms with Gasteiger partial charge >= 0.3 is 0 Å². The topological polar surface area (TPSA) is 39.1 Å². The summed E-state index contributed by atoms with van der Waals surface area (Å²) in [6.45, 7) is 6.81. The first-order chi connectivity index (χ1) is 7.76. The van der Waals surface area contributed by atoms with Gasteiger partial charge in [0.05, 0.1) is 12.3 Å². The molecule has 0 saturated heterocycles. The van der Waals surface area contributed by atoms with E-state index in [9.17, 15) is 0 Å². The Kier molecular flexibility index (Phi) is 6.11. The molecule has 0 radical (unpaired) electrons. The molecular weight excluding hydrogens is 202 g/mol. The van der Waals surface area contributed by atoms with Crippen molar-refractivity contribution < 1.29 is 4.74 Å². The Bertz CT molecular complexity index is 286. The summed E-state index contributed by atoms with van der Waals surface area (Å²) in [4.78, 5) is 0. The maximum atomic E-state index is 5.58. The zero-order valence-corrected chi connectivity index (χ0v) is 10.6. The van der Waals surface area contributed by atoms with Crippen molar-refractivity contribution in [2.75, 3.05) is 19.8 Å². The van der Waals surface area contributed by atoms with Crippen molar-refractivity contribution in [3.8, 4) is 0 Å². The van der Waals surface area contributed by atoms with Crippen molar-refractivity contribution in [3.63, 3.8) is 0 Å². The summed E-state index contributed by atoms with van der Waals surface area (Å²) in [5.74, 6) is 0. The smallest absolute Gasteiger partial charge is 0.0640 e. The van der Waals surface area contributed by atoms with E-state index in [-0.39, 0.29) is 0 Å². The second-order valence-electron chi connectivity index (χ2n) is 4.01. The Labute approximate surface area is 98.0 Å². The van der Waals surface area contributed by atoms with Crippen molar-refractivity contribution in [2.45, 2.75) is 32.7 Å². The quantitative estimate of drug-likeness (QED) is 0.679. The summed E-state index contributed by atoms with van der Waals surface area (Å²) < 4.78 is 7.42. The van der Waals surface area contributed by atoms with Gasteiger partial charge in [0, 0.05) is 32.3 Å². The van der Waals surface area contributed by atoms with Gasteiger partial charge < -0.3 is 10.1 Å². The highest BCUT2D eigenvalue weighted by molar-refractivity contribution is 5.01. The zero-order valence-electron chi connectivity index (χ0n) is 10.6. The van der Waals surface area contributed by atoms with Gasteiger partial charge in [0.2, 0.25) is 0 Å². The molecule has 0 aromatic carbocycles. The predicted molar refractivity (Wildman–Crippen MR) is 65.5 cm³/mol. The van der Waals surface area contributed by atoms with Gasteiger partial charge in [-0.05, 0) is 19.0 Å². The van der Waals surface area contributed by atoms with Gasteiger partial charge in [-0.2, -0.15) is 5.10 Å². The lowest BCUT2D eigenvalue weighted by molar-refractivity contribution is 0.112. The number of aryl methyl sites for hydroxylation is 1. The van der Waals surface area contributed by atoms with Crippen LogP contribution in [0.5, 0.6) is 0 Å². The Morgan fingerprint density at radius 1 is 1.50 bits per heavy atom. The van der Waals surface area contributed by atoms with E-state index in [0.29, 0.717) is 6.04 Å². The third kappa shape index (κ3) is 4.77. The average molecular weight is 225 g/mol. The van der Waals surface area contributed by atoms with Crippen molar-refractivity contribution in [3.05, 3.63) is 18.0 Å². The minimum absolute atomic E-state index is 0.367. The Balaban J connectivity index is 2.37. The third-order valence-corrected chi connectivity index (χ3v) is 2.38. The third-order valence-electron chi connectivity index (χ3n) is 2.38. The molecule has 0 fully saturated rings. The molecule has 92 valence electrons. The van der Waals surface area contributed by atoms with Gasteiger partial charge in [-0.3, -0.25) is 4.68 Å². The van der Waals surface area contributed by atoms with Crippen LogP contribution < -0.4 is 5.32 Å². The Morgan fingerprint density at radius 3 is 2.88 bits per heavy atom. The molecule has 0 bridgehead atoms. The molecule has 1 rings (SSSR count). The lowest BCUT2D eigenvalue weighted by Crippen LogP contribution is -2.35. The fourth-order valence-corrected chi connectivity index (χ4v) is 1.67. The lowest BCUT2D eigenvalue weighted by atomic mass is 10.1. The lowest BCUT2D eigenvalue weighted by Gasteiger charge is -2.16. The van der Waals surface area contributed by atoms with Crippen LogP contribution in [0.1, 0.15) is 26.0 Å². The summed E-state index contributed by atoms with van der Waals surface area (Å²) in [7, 11) is 1.94. The number of nitrogens with one attached hydrogen (secondary N) is 1. The second kappa shape index (κ2) is 7.41. The molecule has 1 aromatic rings. The fourth-order valence-electron chi connectivity index (χ4n) is 1.67. The summed E-state index contributed by atoms with van der Waals surface area (Å²) in [5.41, 5.74) is 1.12. The van der Waals surface area contributed by atoms with E-state index in [0.717, 1.165) is 38.3 Å². The molecule has 0 amide bonds. The maximum Gasteiger partial charge on any atom is 0.0640 e. The molecular formula is C12H23N3O. The molecule has 16 heavy (non-hydrogen) atoms. The van der Waals surface area contributed by atoms with Crippen LogP contribution in [0.3, 0.4) is 0 Å². The van der Waals surface area contributed by atoms with Crippen molar-refractivity contribution in [1.29, 1.82) is 0 Å². The van der Waals surface area contributed by atoms with Crippen LogP contribution >= 0.6 is 0 Å². The molecule has 1 aromatic heterocycles. The number of hydrogen-bond acceptors (Lipinski definition) is 3. The van der Waals surface area contributed by atoms with Gasteiger partial charge in [-0.1, -0.05) is 13.8 Å². The van der Waals surface area contributed by atoms with Crippen molar-refractivity contribution in [2.24, 2.45) is 7.05 Å². The minimum Gasteiger partial charge on any atom is -0.380 e. The number of rotatable bonds is 8. The Morgan fingerprint density at radius 2 is 2.31 bits per heavy atom. The molecule has 0 spiro atoms. The number of ether oxygens (including phenoxy) is 1. The minimum atomic E-state index is 0.367. The maximum absolute atomic E-state index is 5.58. The fraction of sp³-hybridized carbons (Fsp3) is 0.750. The molecule has 1 N–H and O–H groups in total. The summed E-state index contributed by atoms with van der Waals surface area (Å²) in [6.07, 6.45) is 3.98. The van der Waals surface area contributed by atoms with Crippen LogP contribution in [-0.2, 0) is 18.2 Å². The van der Waals surface area contributed by atoms with E-state index in [2.05, 4.69) is 30.3 Å². The molecule has 1 atom stereocenters. The highest BCUT2D eigenvalue weighted by Crippen LogP contribution is 2.01. The molecule has 4 nitrogen and oxygen atoms in total. The van der Waals surface area contributed by atoms with E-state index in [1.165, 1.54) is 0 Å². The van der Waals surface area contributed by atoms with Crippen LogP contribution in [-0.4, -0.2) is 35.6 Å². The highest BCUT2D eigenvalue weighted by atomic mass is 16.5. The van der Waals surface area contributed by atoms with E-state index in [4.69, 9.17) is 4.74 Å². The summed E-state index contributed by atoms with van der Waals surface area (Å²) >= 11 is 0. The van der Waals surface area contributed by atoms with E-state index >= 15 is 0 Å². The number of aromatic nitrogens is 2. The second-order valence-corrected chi connectivity index (χ2v) is 4.01. The summed E-state index contributed by atoms with van der Waals surface area (Å²) in [6, 6.07) is 2.43. The molecule has 0 aliphatic heterocycles. The van der Waals surface area contributed by atoms with Gasteiger partial charge in [0.25, 0.3) is 0 Å². The molecule has 0 aliphatic rings. The predicted octanol–water partition coefficient (Wildman–Crippen LogP) is 1.37. The molecule has 4 heteroatoms. The van der Waals surface area contributed by atoms with Crippen molar-refractivity contribution in [1.82, 2.24) is 15.1 Å². The van der Waals surface area contributed by atoms with Gasteiger partial charge in [0.15, 0.2) is 0 Å². The normalized spacial score (nSPS) is 12.9. The van der Waals surface area contributed by atoms with Gasteiger partial charge in [-0.25, -0.2) is 0 Å². The van der Waals surface area contributed by atoms with Gasteiger partial charge in [0.1, 0.15) is 0 Å². The van der Waals surface area contributed by atoms with Crippen LogP contribution in [0, 0.1) is 0 Å². The van der Waals surface area contributed by atoms with E-state index in [1.807, 2.05) is 17.9 Å². The number of likely N-dealkylation sites (N-methyl/N-ethyl adjacent to an activating group) is 1. The zero-order chi connectivity index (χ0) is 11.8. The SMILES string of the molecule is CCCOCC(Cc1ccn(C)n1)NCC. The average Bonchev–Trinajstić information content (AvgIpc) is 2.65. The molecule has 1 heterocycles. The van der Waals surface area contributed by atoms with Crippen molar-refractivity contribution >= 4 is 0 Å². The number of hydrogen-bond donors (Lipinski definition) is 1. The first-order valence-electron chi connectivity index (χ1n) is 6.05. The van der Waals surface area contributed by atoms with Crippen LogP contribution in [0.15, 0.2) is 12.3 Å². The molecule has 1 unspecified atom stereocenters. The molecule has 0 aliphatic carbocycles. The monoisotopic (exact) mass is 225 g/mol. The van der Waals surface area contributed by atoms with Crippen LogP contribution in [0.25, 0.3) is 0 Å². The first kappa shape index (κ1) is 13.2. The largest absolute Gasteiger partial charge is 0.380 e. The Hall–Kier alpha value is -0.870. The standard InChI is InChI=1S/C12H23N3O/c1-4-8-16-10-12(13-5-2)9-11-6-7-15(3)14-11/h6-7,12-13H,4-5,8-10H2,1-3H3. The van der Waals surface area contributed by atoms with Crippen LogP contribution in [0.2, 0.25) is 0 Å².